The lowest BCUT2D eigenvalue weighted by Crippen LogP contribution is -2.34. The van der Waals surface area contributed by atoms with Gasteiger partial charge in [0.2, 0.25) is 0 Å². The monoisotopic (exact) mass is 227 g/mol. The minimum absolute atomic E-state index is 0.0920. The fourth-order valence-electron chi connectivity index (χ4n) is 1.16. The summed E-state index contributed by atoms with van der Waals surface area (Å²) in [5.41, 5.74) is 6.95. The van der Waals surface area contributed by atoms with Gasteiger partial charge >= 0.3 is 0 Å². The highest BCUT2D eigenvalue weighted by Crippen LogP contribution is 2.15. The zero-order valence-corrected chi connectivity index (χ0v) is 10.8. The van der Waals surface area contributed by atoms with Gasteiger partial charge in [-0.1, -0.05) is 0 Å². The number of hydrogen-bond donors (Lipinski definition) is 1. The maximum atomic E-state index is 5.91. The second-order valence-electron chi connectivity index (χ2n) is 4.86. The molecule has 0 bridgehead atoms. The van der Waals surface area contributed by atoms with E-state index in [0.29, 0.717) is 6.04 Å². The van der Waals surface area contributed by atoms with Crippen molar-refractivity contribution in [3.8, 4) is 0 Å². The van der Waals surface area contributed by atoms with E-state index in [2.05, 4.69) is 25.0 Å². The van der Waals surface area contributed by atoms with Gasteiger partial charge in [-0.3, -0.25) is 4.68 Å². The van der Waals surface area contributed by atoms with Crippen LogP contribution in [0.25, 0.3) is 0 Å². The van der Waals surface area contributed by atoms with Gasteiger partial charge in [-0.05, 0) is 33.8 Å². The first-order chi connectivity index (χ1) is 6.88. The average Bonchev–Trinajstić information content (AvgIpc) is 2.50. The normalized spacial score (nSPS) is 12.4. The molecule has 4 heteroatoms. The first-order valence-corrected chi connectivity index (χ1v) is 6.44. The van der Waals surface area contributed by atoms with E-state index in [1.807, 2.05) is 36.5 Å². The molecule has 86 valence electrons. The van der Waals surface area contributed by atoms with Gasteiger partial charge in [-0.25, -0.2) is 0 Å². The van der Waals surface area contributed by atoms with E-state index in [0.717, 1.165) is 17.2 Å². The first kappa shape index (κ1) is 12.6. The lowest BCUT2D eigenvalue weighted by molar-refractivity contribution is 0.528. The molecule has 0 atom stereocenters. The number of aromatic nitrogens is 2. The number of rotatable bonds is 5. The topological polar surface area (TPSA) is 43.8 Å². The van der Waals surface area contributed by atoms with Crippen LogP contribution in [0.4, 0.5) is 0 Å². The first-order valence-electron chi connectivity index (χ1n) is 5.29. The van der Waals surface area contributed by atoms with E-state index in [1.54, 1.807) is 0 Å². The summed E-state index contributed by atoms with van der Waals surface area (Å²) < 4.78 is 1.99. The minimum atomic E-state index is -0.0920. The fraction of sp³-hybridized carbons (Fsp3) is 0.727. The van der Waals surface area contributed by atoms with Crippen LogP contribution >= 0.6 is 11.8 Å². The average molecular weight is 227 g/mol. The molecule has 0 radical (unpaired) electrons. The highest BCUT2D eigenvalue weighted by molar-refractivity contribution is 7.98. The van der Waals surface area contributed by atoms with Crippen LogP contribution in [0.2, 0.25) is 0 Å². The summed E-state index contributed by atoms with van der Waals surface area (Å²) in [6.45, 7) is 8.36. The van der Waals surface area contributed by atoms with Gasteiger partial charge in [0.1, 0.15) is 0 Å². The predicted octanol–water partition coefficient (Wildman–Crippen LogP) is 2.43. The molecule has 1 aromatic rings. The van der Waals surface area contributed by atoms with Crippen LogP contribution in [-0.2, 0) is 5.75 Å². The second-order valence-corrected chi connectivity index (χ2v) is 5.85. The van der Waals surface area contributed by atoms with E-state index < -0.39 is 0 Å². The summed E-state index contributed by atoms with van der Waals surface area (Å²) in [4.78, 5) is 0. The zero-order valence-electron chi connectivity index (χ0n) is 10.0. The van der Waals surface area contributed by atoms with E-state index in [9.17, 15) is 0 Å². The predicted molar refractivity (Wildman–Crippen MR) is 67.0 cm³/mol. The van der Waals surface area contributed by atoms with Crippen molar-refractivity contribution in [3.63, 3.8) is 0 Å². The van der Waals surface area contributed by atoms with Gasteiger partial charge in [0, 0.05) is 29.3 Å². The summed E-state index contributed by atoms with van der Waals surface area (Å²) >= 11 is 1.84. The summed E-state index contributed by atoms with van der Waals surface area (Å²) in [5, 5.41) is 4.48. The maximum Gasteiger partial charge on any atom is 0.0723 e. The second kappa shape index (κ2) is 5.03. The minimum Gasteiger partial charge on any atom is -0.325 e. The van der Waals surface area contributed by atoms with Crippen molar-refractivity contribution in [1.82, 2.24) is 9.78 Å². The molecule has 0 aromatic carbocycles. The van der Waals surface area contributed by atoms with Gasteiger partial charge in [0.25, 0.3) is 0 Å². The molecule has 0 aliphatic rings. The molecule has 0 saturated heterocycles. The van der Waals surface area contributed by atoms with Crippen LogP contribution < -0.4 is 5.73 Å². The molecule has 0 fully saturated rings. The molecule has 0 unspecified atom stereocenters. The molecular formula is C11H21N3S. The Morgan fingerprint density at radius 2 is 2.20 bits per heavy atom. The quantitative estimate of drug-likeness (QED) is 0.840. The number of thioether (sulfide) groups is 1. The molecule has 3 nitrogen and oxygen atoms in total. The highest BCUT2D eigenvalue weighted by Gasteiger charge is 2.10. The molecule has 0 spiro atoms. The standard InChI is InChI=1S/C11H21N3S/c1-9(2)14-6-5-10(13-14)7-15-8-11(3,4)12/h5-6,9H,7-8,12H2,1-4H3. The number of nitrogens with zero attached hydrogens (tertiary/aromatic N) is 2. The Bertz CT molecular complexity index is 299. The SMILES string of the molecule is CC(C)n1ccc(CSCC(C)(C)N)n1. The van der Waals surface area contributed by atoms with Gasteiger partial charge in [-0.2, -0.15) is 16.9 Å². The highest BCUT2D eigenvalue weighted by atomic mass is 32.2. The summed E-state index contributed by atoms with van der Waals surface area (Å²) in [6.07, 6.45) is 2.04. The van der Waals surface area contributed by atoms with Crippen molar-refractivity contribution in [2.24, 2.45) is 5.73 Å². The van der Waals surface area contributed by atoms with E-state index in [4.69, 9.17) is 5.73 Å². The van der Waals surface area contributed by atoms with Crippen molar-refractivity contribution >= 4 is 11.8 Å². The van der Waals surface area contributed by atoms with Crippen molar-refractivity contribution in [2.75, 3.05) is 5.75 Å². The molecule has 0 amide bonds. The molecule has 1 aromatic heterocycles. The van der Waals surface area contributed by atoms with E-state index >= 15 is 0 Å². The van der Waals surface area contributed by atoms with E-state index in [1.165, 1.54) is 0 Å². The van der Waals surface area contributed by atoms with Crippen LogP contribution in [0, 0.1) is 0 Å². The molecule has 0 aliphatic carbocycles. The molecular weight excluding hydrogens is 206 g/mol. The third-order valence-electron chi connectivity index (χ3n) is 1.92. The summed E-state index contributed by atoms with van der Waals surface area (Å²) in [5.74, 6) is 1.90. The lowest BCUT2D eigenvalue weighted by atomic mass is 10.1. The Balaban J connectivity index is 2.38. The van der Waals surface area contributed by atoms with Crippen LogP contribution in [0.3, 0.4) is 0 Å². The van der Waals surface area contributed by atoms with Crippen LogP contribution in [0.1, 0.15) is 39.4 Å². The maximum absolute atomic E-state index is 5.91. The van der Waals surface area contributed by atoms with Gasteiger partial charge in [0.15, 0.2) is 0 Å². The smallest absolute Gasteiger partial charge is 0.0723 e. The Labute approximate surface area is 96.4 Å². The van der Waals surface area contributed by atoms with Gasteiger partial charge in [-0.15, -0.1) is 0 Å². The Hall–Kier alpha value is -0.480. The molecule has 1 rings (SSSR count). The fourth-order valence-corrected chi connectivity index (χ4v) is 2.15. The Morgan fingerprint density at radius 1 is 1.53 bits per heavy atom. The summed E-state index contributed by atoms with van der Waals surface area (Å²) in [7, 11) is 0. The van der Waals surface area contributed by atoms with Crippen molar-refractivity contribution in [2.45, 2.75) is 45.0 Å². The van der Waals surface area contributed by atoms with Gasteiger partial charge < -0.3 is 5.73 Å². The molecule has 1 heterocycles. The largest absolute Gasteiger partial charge is 0.325 e. The van der Waals surface area contributed by atoms with Gasteiger partial charge in [0.05, 0.1) is 5.69 Å². The van der Waals surface area contributed by atoms with Crippen molar-refractivity contribution in [3.05, 3.63) is 18.0 Å². The van der Waals surface area contributed by atoms with Crippen LogP contribution in [0.15, 0.2) is 12.3 Å². The van der Waals surface area contributed by atoms with Crippen LogP contribution in [-0.4, -0.2) is 21.1 Å². The number of hydrogen-bond acceptors (Lipinski definition) is 3. The third kappa shape index (κ3) is 4.71. The molecule has 0 aliphatic heterocycles. The van der Waals surface area contributed by atoms with Crippen molar-refractivity contribution < 1.29 is 0 Å². The molecule has 15 heavy (non-hydrogen) atoms. The van der Waals surface area contributed by atoms with Crippen molar-refractivity contribution in [1.29, 1.82) is 0 Å². The number of nitrogens with two attached hydrogens (primary N) is 1. The third-order valence-corrected chi connectivity index (χ3v) is 3.36. The van der Waals surface area contributed by atoms with Crippen LogP contribution in [0.5, 0.6) is 0 Å². The Kier molecular flexibility index (Phi) is 4.22. The lowest BCUT2D eigenvalue weighted by Gasteiger charge is -2.16. The zero-order chi connectivity index (χ0) is 11.5. The molecule has 2 N–H and O–H groups in total. The summed E-state index contributed by atoms with van der Waals surface area (Å²) in [6, 6.07) is 2.52. The molecule has 0 saturated carbocycles. The Morgan fingerprint density at radius 3 is 2.67 bits per heavy atom. The van der Waals surface area contributed by atoms with E-state index in [-0.39, 0.29) is 5.54 Å².